The Balaban J connectivity index is 2.26. The van der Waals surface area contributed by atoms with Crippen molar-refractivity contribution >= 4 is 33.1 Å². The van der Waals surface area contributed by atoms with Gasteiger partial charge in [-0.1, -0.05) is 25.8 Å². The van der Waals surface area contributed by atoms with E-state index in [1.54, 1.807) is 12.1 Å². The summed E-state index contributed by atoms with van der Waals surface area (Å²) in [6.45, 7) is 2.25. The fourth-order valence-electron chi connectivity index (χ4n) is 3.44. The van der Waals surface area contributed by atoms with Crippen LogP contribution in [0.25, 0.3) is 11.0 Å². The third-order valence-electron chi connectivity index (χ3n) is 4.51. The Bertz CT molecular complexity index is 833. The smallest absolute Gasteiger partial charge is 0.178 e. The minimum Gasteiger partial charge on any atom is -0.329 e. The number of aromatic nitrogens is 2. The van der Waals surface area contributed by atoms with Crippen molar-refractivity contribution in [1.82, 2.24) is 9.55 Å². The summed E-state index contributed by atoms with van der Waals surface area (Å²) in [5, 5.41) is 0. The average molecular weight is 324 g/mol. The first-order chi connectivity index (χ1) is 9.89. The zero-order chi connectivity index (χ0) is 15.2. The van der Waals surface area contributed by atoms with Gasteiger partial charge in [-0.15, -0.1) is 0 Å². The van der Waals surface area contributed by atoms with Crippen molar-refractivity contribution in [3.8, 4) is 0 Å². The van der Waals surface area contributed by atoms with Crippen molar-refractivity contribution < 1.29 is 8.42 Å². The van der Waals surface area contributed by atoms with Crippen LogP contribution in [0.3, 0.4) is 0 Å². The number of H-pyrrole nitrogens is 1. The molecule has 0 spiro atoms. The number of nitrogens with zero attached hydrogens (tertiary/aromatic N) is 1. The van der Waals surface area contributed by atoms with Gasteiger partial charge in [-0.3, -0.25) is 0 Å². The molecule has 6 heteroatoms. The fraction of sp³-hybridized carbons (Fsp3) is 0.533. The highest BCUT2D eigenvalue weighted by molar-refractivity contribution is 7.91. The predicted octanol–water partition coefficient (Wildman–Crippen LogP) is 3.85. The van der Waals surface area contributed by atoms with E-state index in [9.17, 15) is 8.42 Å². The molecule has 2 unspecified atom stereocenters. The molecule has 21 heavy (non-hydrogen) atoms. The summed E-state index contributed by atoms with van der Waals surface area (Å²) in [4.78, 5) is 3.45. The molecule has 114 valence electrons. The topological polar surface area (TPSA) is 54.9 Å². The lowest BCUT2D eigenvalue weighted by Crippen LogP contribution is -2.21. The molecule has 3 rings (SSSR count). The second-order valence-corrected chi connectivity index (χ2v) is 8.42. The van der Waals surface area contributed by atoms with Gasteiger partial charge in [0.15, 0.2) is 14.6 Å². The lowest BCUT2D eigenvalue weighted by Gasteiger charge is -2.30. The second kappa shape index (κ2) is 5.25. The van der Waals surface area contributed by atoms with Gasteiger partial charge < -0.3 is 9.55 Å². The van der Waals surface area contributed by atoms with Crippen molar-refractivity contribution in [3.63, 3.8) is 0 Å². The monoisotopic (exact) mass is 324 g/mol. The molecule has 1 saturated carbocycles. The van der Waals surface area contributed by atoms with Crippen molar-refractivity contribution in [2.24, 2.45) is 5.92 Å². The number of sulfone groups is 1. The number of para-hydroxylation sites is 1. The zero-order valence-corrected chi connectivity index (χ0v) is 13.9. The SMILES string of the molecule is CC1CCCCC1n1c(=S)[nH]c2c(S(C)(=O)=O)cccc21. The molecular formula is C15H20N2O2S2. The summed E-state index contributed by atoms with van der Waals surface area (Å²) < 4.78 is 26.6. The maximum atomic E-state index is 11.9. The molecular weight excluding hydrogens is 304 g/mol. The van der Waals surface area contributed by atoms with Crippen LogP contribution in [0.1, 0.15) is 38.6 Å². The number of benzene rings is 1. The minimum atomic E-state index is -3.27. The van der Waals surface area contributed by atoms with Gasteiger partial charge in [-0.05, 0) is 43.1 Å². The molecule has 2 aromatic rings. The average Bonchev–Trinajstić information content (AvgIpc) is 2.74. The van der Waals surface area contributed by atoms with E-state index in [0.29, 0.717) is 27.1 Å². The van der Waals surface area contributed by atoms with Crippen LogP contribution < -0.4 is 0 Å². The van der Waals surface area contributed by atoms with E-state index in [1.807, 2.05) is 6.07 Å². The van der Waals surface area contributed by atoms with Crippen molar-refractivity contribution in [2.45, 2.75) is 43.5 Å². The lowest BCUT2D eigenvalue weighted by molar-refractivity contribution is 0.260. The Labute approximate surface area is 130 Å². The Morgan fingerprint density at radius 3 is 2.67 bits per heavy atom. The molecule has 0 aliphatic heterocycles. The van der Waals surface area contributed by atoms with Crippen molar-refractivity contribution in [3.05, 3.63) is 23.0 Å². The highest BCUT2D eigenvalue weighted by Gasteiger charge is 2.26. The zero-order valence-electron chi connectivity index (χ0n) is 12.3. The van der Waals surface area contributed by atoms with Crippen LogP contribution in [-0.4, -0.2) is 24.2 Å². The minimum absolute atomic E-state index is 0.327. The number of nitrogens with one attached hydrogen (secondary N) is 1. The van der Waals surface area contributed by atoms with Gasteiger partial charge in [0.25, 0.3) is 0 Å². The van der Waals surface area contributed by atoms with E-state index in [4.69, 9.17) is 12.2 Å². The summed E-state index contributed by atoms with van der Waals surface area (Å²) in [6, 6.07) is 5.75. The van der Waals surface area contributed by atoms with Crippen LogP contribution >= 0.6 is 12.2 Å². The van der Waals surface area contributed by atoms with Gasteiger partial charge in [0.05, 0.1) is 15.9 Å². The van der Waals surface area contributed by atoms with Gasteiger partial charge in [-0.2, -0.15) is 0 Å². The molecule has 1 N–H and O–H groups in total. The van der Waals surface area contributed by atoms with E-state index in [0.717, 1.165) is 11.9 Å². The summed E-state index contributed by atoms with van der Waals surface area (Å²) in [5.41, 5.74) is 1.55. The van der Waals surface area contributed by atoms with Crippen LogP contribution in [-0.2, 0) is 9.84 Å². The maximum Gasteiger partial charge on any atom is 0.178 e. The van der Waals surface area contributed by atoms with E-state index >= 15 is 0 Å². The number of aromatic amines is 1. The Morgan fingerprint density at radius 1 is 1.29 bits per heavy atom. The number of rotatable bonds is 2. The molecule has 1 heterocycles. The third kappa shape index (κ3) is 2.55. The first-order valence-electron chi connectivity index (χ1n) is 7.33. The Kier molecular flexibility index (Phi) is 3.69. The molecule has 0 amide bonds. The standard InChI is InChI=1S/C15H20N2O2S2/c1-10-6-3-4-7-11(10)17-12-8-5-9-13(21(2,18)19)14(12)16-15(17)20/h5,8-11H,3-4,6-7H2,1-2H3,(H,16,20). The predicted molar refractivity (Wildman–Crippen MR) is 86.9 cm³/mol. The van der Waals surface area contributed by atoms with Crippen LogP contribution in [0.15, 0.2) is 23.1 Å². The summed E-state index contributed by atoms with van der Waals surface area (Å²) >= 11 is 5.48. The Morgan fingerprint density at radius 2 is 2.00 bits per heavy atom. The molecule has 0 radical (unpaired) electrons. The van der Waals surface area contributed by atoms with E-state index in [1.165, 1.54) is 25.5 Å². The normalized spacial score (nSPS) is 23.5. The number of fused-ring (bicyclic) bond motifs is 1. The van der Waals surface area contributed by atoms with Crippen LogP contribution in [0.4, 0.5) is 0 Å². The second-order valence-electron chi connectivity index (χ2n) is 6.05. The first kappa shape index (κ1) is 14.8. The van der Waals surface area contributed by atoms with Crippen molar-refractivity contribution in [2.75, 3.05) is 6.26 Å². The highest BCUT2D eigenvalue weighted by atomic mass is 32.2. The molecule has 1 fully saturated rings. The molecule has 4 nitrogen and oxygen atoms in total. The molecule has 1 aliphatic rings. The number of imidazole rings is 1. The fourth-order valence-corrected chi connectivity index (χ4v) is 4.63. The quantitative estimate of drug-likeness (QED) is 0.854. The van der Waals surface area contributed by atoms with Gasteiger partial charge >= 0.3 is 0 Å². The first-order valence-corrected chi connectivity index (χ1v) is 9.63. The van der Waals surface area contributed by atoms with E-state index in [2.05, 4.69) is 16.5 Å². The van der Waals surface area contributed by atoms with Gasteiger partial charge in [0.1, 0.15) is 0 Å². The third-order valence-corrected chi connectivity index (χ3v) is 5.95. The Hall–Kier alpha value is -1.14. The largest absolute Gasteiger partial charge is 0.329 e. The van der Waals surface area contributed by atoms with Crippen LogP contribution in [0.5, 0.6) is 0 Å². The van der Waals surface area contributed by atoms with Crippen LogP contribution in [0.2, 0.25) is 0 Å². The molecule has 1 aliphatic carbocycles. The van der Waals surface area contributed by atoms with Gasteiger partial charge in [0, 0.05) is 12.3 Å². The van der Waals surface area contributed by atoms with Crippen molar-refractivity contribution in [1.29, 1.82) is 0 Å². The lowest BCUT2D eigenvalue weighted by atomic mass is 9.86. The van der Waals surface area contributed by atoms with Gasteiger partial charge in [-0.25, -0.2) is 8.42 Å². The summed E-state index contributed by atoms with van der Waals surface area (Å²) in [7, 11) is -3.27. The molecule has 0 bridgehead atoms. The highest BCUT2D eigenvalue weighted by Crippen LogP contribution is 2.36. The molecule has 2 atom stereocenters. The number of hydrogen-bond donors (Lipinski definition) is 1. The van der Waals surface area contributed by atoms with Crippen LogP contribution in [0, 0.1) is 10.7 Å². The number of hydrogen-bond acceptors (Lipinski definition) is 3. The maximum absolute atomic E-state index is 11.9. The molecule has 0 saturated heterocycles. The van der Waals surface area contributed by atoms with E-state index < -0.39 is 9.84 Å². The molecule has 1 aromatic heterocycles. The summed E-state index contributed by atoms with van der Waals surface area (Å²) in [6.07, 6.45) is 6.01. The van der Waals surface area contributed by atoms with Gasteiger partial charge in [0.2, 0.25) is 0 Å². The summed E-state index contributed by atoms with van der Waals surface area (Å²) in [5.74, 6) is 0.561. The molecule has 1 aromatic carbocycles. The van der Waals surface area contributed by atoms with E-state index in [-0.39, 0.29) is 0 Å².